The van der Waals surface area contributed by atoms with Crippen molar-refractivity contribution >= 4 is 15.9 Å². The summed E-state index contributed by atoms with van der Waals surface area (Å²) in [5.74, 6) is 1.76. The van der Waals surface area contributed by atoms with Gasteiger partial charge < -0.3 is 9.73 Å². The molecule has 1 fully saturated rings. The number of benzene rings is 1. The normalized spacial score (nSPS) is 19.3. The summed E-state index contributed by atoms with van der Waals surface area (Å²) in [5.41, 5.74) is 1.06. The molecule has 0 spiro atoms. The molecule has 1 aromatic heterocycles. The Morgan fingerprint density at radius 3 is 2.86 bits per heavy atom. The fraction of sp³-hybridized carbons (Fsp3) is 0.312. The lowest BCUT2D eigenvalue weighted by atomic mass is 10.2. The third-order valence-corrected chi connectivity index (χ3v) is 4.18. The summed E-state index contributed by atoms with van der Waals surface area (Å²) in [6.07, 6.45) is 0. The van der Waals surface area contributed by atoms with Gasteiger partial charge in [-0.05, 0) is 24.3 Å². The molecule has 21 heavy (non-hydrogen) atoms. The molecule has 0 aliphatic carbocycles. The van der Waals surface area contributed by atoms with E-state index in [1.807, 2.05) is 36.4 Å². The zero-order valence-corrected chi connectivity index (χ0v) is 13.1. The third-order valence-electron chi connectivity index (χ3n) is 3.65. The van der Waals surface area contributed by atoms with Crippen LogP contribution < -0.4 is 5.32 Å². The van der Waals surface area contributed by atoms with Gasteiger partial charge in [-0.1, -0.05) is 28.1 Å². The van der Waals surface area contributed by atoms with E-state index in [1.54, 1.807) is 0 Å². The van der Waals surface area contributed by atoms with Gasteiger partial charge in [0.1, 0.15) is 17.6 Å². The van der Waals surface area contributed by atoms with Crippen LogP contribution >= 0.6 is 15.9 Å². The van der Waals surface area contributed by atoms with E-state index >= 15 is 0 Å². The van der Waals surface area contributed by atoms with Gasteiger partial charge in [-0.3, -0.25) is 4.90 Å². The van der Waals surface area contributed by atoms with Crippen LogP contribution in [0.2, 0.25) is 0 Å². The third kappa shape index (κ3) is 3.35. The van der Waals surface area contributed by atoms with Crippen molar-refractivity contribution in [3.05, 3.63) is 46.6 Å². The summed E-state index contributed by atoms with van der Waals surface area (Å²) in [4.78, 5) is 2.15. The van der Waals surface area contributed by atoms with E-state index < -0.39 is 0 Å². The van der Waals surface area contributed by atoms with Crippen molar-refractivity contribution in [1.82, 2.24) is 10.2 Å². The Morgan fingerprint density at radius 1 is 1.29 bits per heavy atom. The molecule has 1 atom stereocenters. The number of halogens is 1. The Bertz CT molecular complexity index is 644. The van der Waals surface area contributed by atoms with E-state index in [2.05, 4.69) is 32.2 Å². The highest BCUT2D eigenvalue weighted by Crippen LogP contribution is 2.25. The zero-order chi connectivity index (χ0) is 14.7. The smallest absolute Gasteiger partial charge is 0.134 e. The minimum atomic E-state index is -0.0834. The maximum Gasteiger partial charge on any atom is 0.134 e. The molecule has 4 nitrogen and oxygen atoms in total. The van der Waals surface area contributed by atoms with Crippen LogP contribution in [0, 0.1) is 11.3 Å². The van der Waals surface area contributed by atoms with E-state index in [9.17, 15) is 5.26 Å². The SMILES string of the molecule is N#CC1CNCCN1Cc1ccc(-c2ccc(Br)cc2)o1. The number of piperazine rings is 1. The standard InChI is InChI=1S/C16H16BrN3O/c17-13-3-1-12(2-4-13)16-6-5-15(21-16)11-20-8-7-19-10-14(20)9-18/h1-6,14,19H,7-8,10-11H2. The van der Waals surface area contributed by atoms with Gasteiger partial charge in [0.15, 0.2) is 0 Å². The number of hydrogen-bond donors (Lipinski definition) is 1. The van der Waals surface area contributed by atoms with Crippen LogP contribution in [0.5, 0.6) is 0 Å². The van der Waals surface area contributed by atoms with Crippen LogP contribution in [0.15, 0.2) is 45.3 Å². The lowest BCUT2D eigenvalue weighted by molar-refractivity contribution is 0.176. The van der Waals surface area contributed by atoms with Crippen molar-refractivity contribution in [1.29, 1.82) is 5.26 Å². The summed E-state index contributed by atoms with van der Waals surface area (Å²) in [6.45, 7) is 3.18. The molecule has 108 valence electrons. The Hall–Kier alpha value is -1.61. The molecule has 1 aromatic carbocycles. The molecule has 1 aliphatic rings. The number of hydrogen-bond acceptors (Lipinski definition) is 4. The minimum Gasteiger partial charge on any atom is -0.460 e. The minimum absolute atomic E-state index is 0.0834. The summed E-state index contributed by atoms with van der Waals surface area (Å²) in [6, 6.07) is 14.3. The molecule has 2 aromatic rings. The van der Waals surface area contributed by atoms with Gasteiger partial charge in [0.2, 0.25) is 0 Å². The monoisotopic (exact) mass is 345 g/mol. The molecule has 5 heteroatoms. The number of nitrogens with zero attached hydrogens (tertiary/aromatic N) is 2. The van der Waals surface area contributed by atoms with Crippen LogP contribution in [-0.4, -0.2) is 30.6 Å². The van der Waals surface area contributed by atoms with Gasteiger partial charge in [0.05, 0.1) is 12.6 Å². The van der Waals surface area contributed by atoms with E-state index in [1.165, 1.54) is 0 Å². The van der Waals surface area contributed by atoms with Gasteiger partial charge in [-0.2, -0.15) is 5.26 Å². The molecule has 1 saturated heterocycles. The van der Waals surface area contributed by atoms with E-state index in [0.29, 0.717) is 6.54 Å². The first-order valence-corrected chi connectivity index (χ1v) is 7.74. The highest BCUT2D eigenvalue weighted by atomic mass is 79.9. The van der Waals surface area contributed by atoms with E-state index in [4.69, 9.17) is 4.42 Å². The lowest BCUT2D eigenvalue weighted by Crippen LogP contribution is -2.49. The second-order valence-electron chi connectivity index (χ2n) is 5.09. The number of nitriles is 1. The van der Waals surface area contributed by atoms with Crippen LogP contribution in [-0.2, 0) is 6.54 Å². The lowest BCUT2D eigenvalue weighted by Gasteiger charge is -2.30. The first kappa shape index (κ1) is 14.3. The van der Waals surface area contributed by atoms with Crippen LogP contribution in [0.3, 0.4) is 0 Å². The highest BCUT2D eigenvalue weighted by molar-refractivity contribution is 9.10. The van der Waals surface area contributed by atoms with Crippen molar-refractivity contribution < 1.29 is 4.42 Å². The highest BCUT2D eigenvalue weighted by Gasteiger charge is 2.22. The molecule has 1 unspecified atom stereocenters. The van der Waals surface area contributed by atoms with Gasteiger partial charge in [-0.25, -0.2) is 0 Å². The average Bonchev–Trinajstić information content (AvgIpc) is 2.97. The predicted molar refractivity (Wildman–Crippen MR) is 84.5 cm³/mol. The number of furan rings is 1. The molecule has 0 bridgehead atoms. The van der Waals surface area contributed by atoms with Crippen molar-refractivity contribution in [3.8, 4) is 17.4 Å². The number of rotatable bonds is 3. The molecule has 1 aliphatic heterocycles. The molecule has 2 heterocycles. The van der Waals surface area contributed by atoms with Gasteiger partial charge in [-0.15, -0.1) is 0 Å². The van der Waals surface area contributed by atoms with Crippen molar-refractivity contribution in [2.75, 3.05) is 19.6 Å². The topological polar surface area (TPSA) is 52.2 Å². The molecule has 0 radical (unpaired) electrons. The predicted octanol–water partition coefficient (Wildman–Crippen LogP) is 3.01. The second-order valence-corrected chi connectivity index (χ2v) is 6.01. The van der Waals surface area contributed by atoms with Crippen LogP contribution in [0.4, 0.5) is 0 Å². The van der Waals surface area contributed by atoms with E-state index in [-0.39, 0.29) is 6.04 Å². The summed E-state index contributed by atoms with van der Waals surface area (Å²) in [7, 11) is 0. The van der Waals surface area contributed by atoms with Crippen LogP contribution in [0.25, 0.3) is 11.3 Å². The quantitative estimate of drug-likeness (QED) is 0.928. The van der Waals surface area contributed by atoms with Crippen molar-refractivity contribution in [2.24, 2.45) is 0 Å². The summed E-state index contributed by atoms with van der Waals surface area (Å²) < 4.78 is 6.97. The largest absolute Gasteiger partial charge is 0.460 e. The molecule has 0 amide bonds. The van der Waals surface area contributed by atoms with E-state index in [0.717, 1.165) is 41.2 Å². The molecular formula is C16H16BrN3O. The molecule has 1 N–H and O–H groups in total. The summed E-state index contributed by atoms with van der Waals surface area (Å²) in [5, 5.41) is 12.4. The van der Waals surface area contributed by atoms with Gasteiger partial charge in [0.25, 0.3) is 0 Å². The van der Waals surface area contributed by atoms with Gasteiger partial charge in [0, 0.05) is 29.7 Å². The molecule has 0 saturated carbocycles. The van der Waals surface area contributed by atoms with Crippen molar-refractivity contribution in [3.63, 3.8) is 0 Å². The Balaban J connectivity index is 1.73. The maximum absolute atomic E-state index is 9.18. The zero-order valence-electron chi connectivity index (χ0n) is 11.6. The first-order chi connectivity index (χ1) is 10.3. The Labute approximate surface area is 132 Å². The van der Waals surface area contributed by atoms with Crippen LogP contribution in [0.1, 0.15) is 5.76 Å². The maximum atomic E-state index is 9.18. The fourth-order valence-electron chi connectivity index (χ4n) is 2.50. The Morgan fingerprint density at radius 2 is 2.10 bits per heavy atom. The average molecular weight is 346 g/mol. The molecular weight excluding hydrogens is 330 g/mol. The summed E-state index contributed by atoms with van der Waals surface area (Å²) >= 11 is 3.43. The van der Waals surface area contributed by atoms with Crippen molar-refractivity contribution in [2.45, 2.75) is 12.6 Å². The van der Waals surface area contributed by atoms with Gasteiger partial charge >= 0.3 is 0 Å². The first-order valence-electron chi connectivity index (χ1n) is 6.95. The fourth-order valence-corrected chi connectivity index (χ4v) is 2.76. The Kier molecular flexibility index (Phi) is 4.39. The number of nitrogens with one attached hydrogen (secondary N) is 1. The second kappa shape index (κ2) is 6.44. The molecule has 3 rings (SSSR count).